The Morgan fingerprint density at radius 2 is 2.12 bits per heavy atom. The zero-order valence-corrected chi connectivity index (χ0v) is 10.5. The third kappa shape index (κ3) is 2.88. The molecule has 0 aromatic rings. The van der Waals surface area contributed by atoms with Gasteiger partial charge in [-0.25, -0.2) is 9.21 Å². The van der Waals surface area contributed by atoms with Crippen molar-refractivity contribution < 1.29 is 19.5 Å². The Bertz CT molecular complexity index is 347. The number of urea groups is 1. The molecule has 1 rings (SSSR count). The molecular formula is C10H15ClN2O4. The van der Waals surface area contributed by atoms with Crippen molar-refractivity contribution in [2.45, 2.75) is 32.7 Å². The lowest BCUT2D eigenvalue weighted by molar-refractivity contribution is -0.140. The van der Waals surface area contributed by atoms with Crippen LogP contribution in [0.25, 0.3) is 0 Å². The van der Waals surface area contributed by atoms with Crippen LogP contribution in [0.5, 0.6) is 0 Å². The second kappa shape index (κ2) is 5.35. The fourth-order valence-electron chi connectivity index (χ4n) is 1.56. The van der Waals surface area contributed by atoms with Crippen LogP contribution in [0.4, 0.5) is 4.79 Å². The average Bonchev–Trinajstić information content (AvgIpc) is 2.45. The van der Waals surface area contributed by atoms with Gasteiger partial charge in [-0.05, 0) is 5.92 Å². The smallest absolute Gasteiger partial charge is 0.342 e. The third-order valence-electron chi connectivity index (χ3n) is 2.80. The van der Waals surface area contributed by atoms with Crippen molar-refractivity contribution in [3.05, 3.63) is 0 Å². The lowest BCUT2D eigenvalue weighted by Gasteiger charge is -2.16. The van der Waals surface area contributed by atoms with Gasteiger partial charge in [-0.15, -0.1) is 0 Å². The predicted octanol–water partition coefficient (Wildman–Crippen LogP) is 1.29. The van der Waals surface area contributed by atoms with Gasteiger partial charge in [0.2, 0.25) is 0 Å². The number of aliphatic carboxylic acids is 1. The molecule has 1 aliphatic rings. The molecule has 1 heterocycles. The van der Waals surface area contributed by atoms with Gasteiger partial charge in [0.05, 0.1) is 6.42 Å². The van der Waals surface area contributed by atoms with Crippen LogP contribution in [-0.2, 0) is 9.59 Å². The monoisotopic (exact) mass is 262 g/mol. The fourth-order valence-corrected chi connectivity index (χ4v) is 1.81. The van der Waals surface area contributed by atoms with Crippen molar-refractivity contribution >= 4 is 29.7 Å². The second-order valence-electron chi connectivity index (χ2n) is 4.17. The molecule has 3 amide bonds. The van der Waals surface area contributed by atoms with E-state index in [1.807, 2.05) is 13.8 Å². The summed E-state index contributed by atoms with van der Waals surface area (Å²) in [5.41, 5.74) is 0. The molecule has 1 aliphatic heterocycles. The maximum Gasteiger partial charge on any atom is 0.342 e. The number of carbonyl (C=O) groups is 3. The zero-order valence-electron chi connectivity index (χ0n) is 9.72. The highest BCUT2D eigenvalue weighted by Gasteiger charge is 2.45. The first kappa shape index (κ1) is 13.8. The van der Waals surface area contributed by atoms with E-state index in [4.69, 9.17) is 16.9 Å². The molecule has 0 spiro atoms. The molecule has 0 saturated carbocycles. The van der Waals surface area contributed by atoms with Crippen molar-refractivity contribution in [1.29, 1.82) is 0 Å². The first-order valence-electron chi connectivity index (χ1n) is 5.40. The molecule has 1 fully saturated rings. The van der Waals surface area contributed by atoms with Crippen molar-refractivity contribution in [2.24, 2.45) is 5.92 Å². The van der Waals surface area contributed by atoms with Gasteiger partial charge < -0.3 is 5.11 Å². The third-order valence-corrected chi connectivity index (χ3v) is 3.18. The Kier molecular flexibility index (Phi) is 4.34. The second-order valence-corrected chi connectivity index (χ2v) is 4.53. The number of carbonyl (C=O) groups excluding carboxylic acids is 2. The number of hydrogen-bond donors (Lipinski definition) is 1. The van der Waals surface area contributed by atoms with E-state index in [1.165, 1.54) is 0 Å². The molecule has 0 bridgehead atoms. The number of imide groups is 1. The normalized spacial score (nSPS) is 22.2. The molecule has 17 heavy (non-hydrogen) atoms. The van der Waals surface area contributed by atoms with Gasteiger partial charge in [0.25, 0.3) is 5.91 Å². The SMILES string of the molecule is CCC(C)CN1C(=O)C(CC(=O)O)N(Cl)C1=O. The number of carboxylic acid groups (broad SMARTS) is 1. The molecule has 6 nitrogen and oxygen atoms in total. The topological polar surface area (TPSA) is 77.9 Å². The van der Waals surface area contributed by atoms with Gasteiger partial charge in [0.1, 0.15) is 6.04 Å². The molecule has 2 unspecified atom stereocenters. The van der Waals surface area contributed by atoms with E-state index < -0.39 is 30.4 Å². The highest BCUT2D eigenvalue weighted by atomic mass is 35.5. The highest BCUT2D eigenvalue weighted by Crippen LogP contribution is 2.23. The molecule has 0 aromatic heterocycles. The Hall–Kier alpha value is -1.30. The number of nitrogens with zero attached hydrogens (tertiary/aromatic N) is 2. The van der Waals surface area contributed by atoms with Gasteiger partial charge in [0.15, 0.2) is 0 Å². The number of halogens is 1. The molecular weight excluding hydrogens is 248 g/mol. The van der Waals surface area contributed by atoms with Crippen LogP contribution in [-0.4, -0.2) is 44.9 Å². The average molecular weight is 263 g/mol. The highest BCUT2D eigenvalue weighted by molar-refractivity contribution is 6.27. The van der Waals surface area contributed by atoms with Gasteiger partial charge in [-0.3, -0.25) is 14.5 Å². The van der Waals surface area contributed by atoms with Crippen molar-refractivity contribution in [2.75, 3.05) is 6.54 Å². The molecule has 7 heteroatoms. The van der Waals surface area contributed by atoms with E-state index in [-0.39, 0.29) is 12.5 Å². The lowest BCUT2D eigenvalue weighted by atomic mass is 10.1. The van der Waals surface area contributed by atoms with Crippen LogP contribution >= 0.6 is 11.8 Å². The summed E-state index contributed by atoms with van der Waals surface area (Å²) in [5, 5.41) is 8.64. The van der Waals surface area contributed by atoms with Crippen molar-refractivity contribution in [3.63, 3.8) is 0 Å². The summed E-state index contributed by atoms with van der Waals surface area (Å²) in [5.74, 6) is -1.53. The van der Waals surface area contributed by atoms with Crippen LogP contribution in [0.15, 0.2) is 0 Å². The predicted molar refractivity (Wildman–Crippen MR) is 60.3 cm³/mol. The van der Waals surface area contributed by atoms with E-state index in [9.17, 15) is 14.4 Å². The lowest BCUT2D eigenvalue weighted by Crippen LogP contribution is -2.35. The summed E-state index contributed by atoms with van der Waals surface area (Å²) in [6.45, 7) is 4.13. The Labute approximate surface area is 104 Å². The minimum atomic E-state index is -1.16. The molecule has 1 saturated heterocycles. The summed E-state index contributed by atoms with van der Waals surface area (Å²) < 4.78 is 0.679. The fraction of sp³-hybridized carbons (Fsp3) is 0.700. The first-order chi connectivity index (χ1) is 7.88. The molecule has 1 N–H and O–H groups in total. The molecule has 0 radical (unpaired) electrons. The maximum atomic E-state index is 11.8. The molecule has 2 atom stereocenters. The van der Waals surface area contributed by atoms with E-state index in [1.54, 1.807) is 0 Å². The Balaban J connectivity index is 2.78. The number of carboxylic acids is 1. The van der Waals surface area contributed by atoms with Gasteiger partial charge >= 0.3 is 12.0 Å². The van der Waals surface area contributed by atoms with Gasteiger partial charge in [-0.1, -0.05) is 20.3 Å². The minimum absolute atomic E-state index is 0.163. The Morgan fingerprint density at radius 3 is 2.59 bits per heavy atom. The van der Waals surface area contributed by atoms with Crippen LogP contribution in [0, 0.1) is 5.92 Å². The van der Waals surface area contributed by atoms with Crippen LogP contribution in [0.1, 0.15) is 26.7 Å². The van der Waals surface area contributed by atoms with E-state index in [0.29, 0.717) is 4.42 Å². The first-order valence-corrected chi connectivity index (χ1v) is 5.74. The van der Waals surface area contributed by atoms with Crippen molar-refractivity contribution in [1.82, 2.24) is 9.32 Å². The maximum absolute atomic E-state index is 11.8. The van der Waals surface area contributed by atoms with Crippen molar-refractivity contribution in [3.8, 4) is 0 Å². The van der Waals surface area contributed by atoms with Gasteiger partial charge in [-0.2, -0.15) is 0 Å². The largest absolute Gasteiger partial charge is 0.481 e. The Morgan fingerprint density at radius 1 is 1.53 bits per heavy atom. The number of rotatable bonds is 5. The van der Waals surface area contributed by atoms with E-state index in [0.717, 1.165) is 11.3 Å². The summed E-state index contributed by atoms with van der Waals surface area (Å²) in [7, 11) is 0. The van der Waals surface area contributed by atoms with Crippen LogP contribution < -0.4 is 0 Å². The van der Waals surface area contributed by atoms with Crippen LogP contribution in [0.3, 0.4) is 0 Å². The summed E-state index contributed by atoms with van der Waals surface area (Å²) in [6.07, 6.45) is 0.355. The minimum Gasteiger partial charge on any atom is -0.481 e. The molecule has 96 valence electrons. The number of hydrogen-bond acceptors (Lipinski definition) is 3. The summed E-state index contributed by atoms with van der Waals surface area (Å²) in [4.78, 5) is 35.1. The summed E-state index contributed by atoms with van der Waals surface area (Å²) >= 11 is 5.65. The standard InChI is InChI=1S/C10H15ClN2O4/c1-3-6(2)5-12-9(16)7(4-8(14)15)13(11)10(12)17/h6-7H,3-5H2,1-2H3,(H,14,15). The molecule has 0 aliphatic carbocycles. The number of amides is 3. The summed E-state index contributed by atoms with van der Waals surface area (Å²) in [6, 6.07) is -1.73. The van der Waals surface area contributed by atoms with E-state index >= 15 is 0 Å². The van der Waals surface area contributed by atoms with Gasteiger partial charge in [0, 0.05) is 18.3 Å². The molecule has 0 aromatic carbocycles. The van der Waals surface area contributed by atoms with E-state index in [2.05, 4.69) is 0 Å². The van der Waals surface area contributed by atoms with Crippen LogP contribution in [0.2, 0.25) is 0 Å². The zero-order chi connectivity index (χ0) is 13.2. The quantitative estimate of drug-likeness (QED) is 0.598.